The number of rotatable bonds is 5. The van der Waals surface area contributed by atoms with E-state index in [0.717, 1.165) is 17.6 Å². The Bertz CT molecular complexity index is 1060. The Kier molecular flexibility index (Phi) is 7.02. The van der Waals surface area contributed by atoms with Gasteiger partial charge in [-0.1, -0.05) is 58.4 Å². The lowest BCUT2D eigenvalue weighted by atomic mass is 9.96. The summed E-state index contributed by atoms with van der Waals surface area (Å²) >= 11 is 3.53. The molecular formula is C26H25BrN2O3. The van der Waals surface area contributed by atoms with Crippen LogP contribution in [0.4, 0.5) is 0 Å². The minimum Gasteiger partial charge on any atom is -0.465 e. The topological polar surface area (TPSA) is 49.9 Å². The predicted molar refractivity (Wildman–Crippen MR) is 128 cm³/mol. The number of esters is 1. The Morgan fingerprint density at radius 2 is 1.34 bits per heavy atom. The number of methoxy groups -OCH3 is 1. The number of piperazine rings is 1. The van der Waals surface area contributed by atoms with Crippen molar-refractivity contribution in [3.63, 3.8) is 0 Å². The molecule has 5 nitrogen and oxygen atoms in total. The van der Waals surface area contributed by atoms with Crippen LogP contribution in [0.5, 0.6) is 0 Å². The molecule has 0 N–H and O–H groups in total. The first-order valence-electron chi connectivity index (χ1n) is 10.6. The number of halogens is 1. The van der Waals surface area contributed by atoms with Crippen molar-refractivity contribution < 1.29 is 14.3 Å². The molecule has 1 heterocycles. The molecule has 1 atom stereocenters. The van der Waals surface area contributed by atoms with Crippen molar-refractivity contribution in [1.82, 2.24) is 9.80 Å². The Labute approximate surface area is 196 Å². The Morgan fingerprint density at radius 3 is 1.94 bits per heavy atom. The van der Waals surface area contributed by atoms with Crippen molar-refractivity contribution in [3.8, 4) is 0 Å². The molecule has 0 spiro atoms. The molecule has 0 radical (unpaired) electrons. The summed E-state index contributed by atoms with van der Waals surface area (Å²) in [6.07, 6.45) is 0. The van der Waals surface area contributed by atoms with Gasteiger partial charge in [0.05, 0.1) is 18.7 Å². The normalized spacial score (nSPS) is 15.2. The molecule has 1 fully saturated rings. The molecule has 1 aliphatic heterocycles. The van der Waals surface area contributed by atoms with Crippen LogP contribution in [-0.2, 0) is 4.74 Å². The van der Waals surface area contributed by atoms with Gasteiger partial charge in [0.15, 0.2) is 0 Å². The molecule has 3 aromatic carbocycles. The van der Waals surface area contributed by atoms with Crippen molar-refractivity contribution in [1.29, 1.82) is 0 Å². The van der Waals surface area contributed by atoms with Gasteiger partial charge in [-0.05, 0) is 47.5 Å². The molecule has 0 aromatic heterocycles. The van der Waals surface area contributed by atoms with Gasteiger partial charge in [0, 0.05) is 36.2 Å². The van der Waals surface area contributed by atoms with Crippen molar-refractivity contribution >= 4 is 27.8 Å². The second kappa shape index (κ2) is 10.1. The van der Waals surface area contributed by atoms with E-state index in [9.17, 15) is 9.59 Å². The quantitative estimate of drug-likeness (QED) is 0.480. The van der Waals surface area contributed by atoms with Crippen LogP contribution in [0.3, 0.4) is 0 Å². The third-order valence-corrected chi connectivity index (χ3v) is 6.35. The minimum absolute atomic E-state index is 0.0130. The first kappa shape index (κ1) is 22.2. The Morgan fingerprint density at radius 1 is 0.781 bits per heavy atom. The van der Waals surface area contributed by atoms with Gasteiger partial charge in [-0.15, -0.1) is 0 Å². The molecule has 164 valence electrons. The van der Waals surface area contributed by atoms with Gasteiger partial charge >= 0.3 is 5.97 Å². The molecule has 6 heteroatoms. The number of benzene rings is 3. The first-order chi connectivity index (χ1) is 15.6. The molecule has 0 saturated carbocycles. The van der Waals surface area contributed by atoms with E-state index in [1.165, 1.54) is 18.2 Å². The average molecular weight is 493 g/mol. The summed E-state index contributed by atoms with van der Waals surface area (Å²) in [5.74, 6) is -0.418. The van der Waals surface area contributed by atoms with Crippen molar-refractivity contribution in [3.05, 3.63) is 106 Å². The van der Waals surface area contributed by atoms with Crippen LogP contribution >= 0.6 is 15.9 Å². The molecule has 0 bridgehead atoms. The third kappa shape index (κ3) is 4.92. The molecule has 1 aliphatic rings. The van der Waals surface area contributed by atoms with Crippen molar-refractivity contribution in [2.24, 2.45) is 0 Å². The monoisotopic (exact) mass is 492 g/mol. The second-order valence-electron chi connectivity index (χ2n) is 7.76. The van der Waals surface area contributed by atoms with Crippen LogP contribution in [0.2, 0.25) is 0 Å². The zero-order valence-electron chi connectivity index (χ0n) is 17.9. The summed E-state index contributed by atoms with van der Waals surface area (Å²) in [5, 5.41) is 0. The highest BCUT2D eigenvalue weighted by Gasteiger charge is 2.28. The molecule has 0 aliphatic carbocycles. The van der Waals surface area contributed by atoms with E-state index in [2.05, 4.69) is 69.4 Å². The third-order valence-electron chi connectivity index (χ3n) is 5.82. The van der Waals surface area contributed by atoms with E-state index in [-0.39, 0.29) is 11.9 Å². The van der Waals surface area contributed by atoms with Gasteiger partial charge in [-0.3, -0.25) is 9.69 Å². The van der Waals surface area contributed by atoms with E-state index in [4.69, 9.17) is 4.74 Å². The number of amides is 1. The van der Waals surface area contributed by atoms with Crippen molar-refractivity contribution in [2.75, 3.05) is 33.3 Å². The number of carbonyl (C=O) groups is 2. The van der Waals surface area contributed by atoms with Crippen LogP contribution in [0.15, 0.2) is 83.3 Å². The van der Waals surface area contributed by atoms with Crippen LogP contribution in [0.1, 0.15) is 37.9 Å². The number of hydrogen-bond acceptors (Lipinski definition) is 4. The minimum atomic E-state index is -0.405. The van der Waals surface area contributed by atoms with Gasteiger partial charge in [0.2, 0.25) is 0 Å². The number of ether oxygens (including phenoxy) is 1. The highest BCUT2D eigenvalue weighted by molar-refractivity contribution is 9.10. The van der Waals surface area contributed by atoms with Crippen LogP contribution in [-0.4, -0.2) is 55.0 Å². The fourth-order valence-corrected chi connectivity index (χ4v) is 4.39. The predicted octanol–water partition coefficient (Wildman–Crippen LogP) is 4.78. The van der Waals surface area contributed by atoms with Gasteiger partial charge < -0.3 is 9.64 Å². The van der Waals surface area contributed by atoms with Gasteiger partial charge in [-0.2, -0.15) is 0 Å². The van der Waals surface area contributed by atoms with Gasteiger partial charge in [0.1, 0.15) is 0 Å². The SMILES string of the molecule is COC(=O)c1ccc(C(=O)N2CCN(C(c3ccccc3)c3ccc(Br)cc3)CC2)cc1. The molecule has 1 unspecified atom stereocenters. The zero-order valence-corrected chi connectivity index (χ0v) is 19.5. The van der Waals surface area contributed by atoms with E-state index < -0.39 is 5.97 Å². The average Bonchev–Trinajstić information content (AvgIpc) is 2.85. The lowest BCUT2D eigenvalue weighted by Crippen LogP contribution is -2.49. The van der Waals surface area contributed by atoms with Crippen LogP contribution in [0.25, 0.3) is 0 Å². The second-order valence-corrected chi connectivity index (χ2v) is 8.68. The molecule has 32 heavy (non-hydrogen) atoms. The number of hydrogen-bond donors (Lipinski definition) is 0. The van der Waals surface area contributed by atoms with E-state index in [0.29, 0.717) is 24.2 Å². The van der Waals surface area contributed by atoms with Crippen LogP contribution in [0, 0.1) is 0 Å². The van der Waals surface area contributed by atoms with Crippen LogP contribution < -0.4 is 0 Å². The first-order valence-corrected chi connectivity index (χ1v) is 11.4. The summed E-state index contributed by atoms with van der Waals surface area (Å²) in [4.78, 5) is 28.9. The molecule has 1 saturated heterocycles. The van der Waals surface area contributed by atoms with E-state index >= 15 is 0 Å². The molecule has 1 amide bonds. The zero-order chi connectivity index (χ0) is 22.5. The fourth-order valence-electron chi connectivity index (χ4n) is 4.13. The summed E-state index contributed by atoms with van der Waals surface area (Å²) < 4.78 is 5.78. The largest absolute Gasteiger partial charge is 0.465 e. The molecule has 4 rings (SSSR count). The van der Waals surface area contributed by atoms with E-state index in [1.807, 2.05) is 11.0 Å². The Balaban J connectivity index is 1.47. The highest BCUT2D eigenvalue weighted by Crippen LogP contribution is 2.30. The Hall–Kier alpha value is -2.96. The maximum atomic E-state index is 13.0. The summed E-state index contributed by atoms with van der Waals surface area (Å²) in [6, 6.07) is 25.7. The molecular weight excluding hydrogens is 468 g/mol. The number of nitrogens with zero attached hydrogens (tertiary/aromatic N) is 2. The maximum absolute atomic E-state index is 13.0. The maximum Gasteiger partial charge on any atom is 0.337 e. The lowest BCUT2D eigenvalue weighted by Gasteiger charge is -2.39. The fraction of sp³-hybridized carbons (Fsp3) is 0.231. The molecule has 3 aromatic rings. The van der Waals surface area contributed by atoms with Gasteiger partial charge in [-0.25, -0.2) is 4.79 Å². The number of carbonyl (C=O) groups excluding carboxylic acids is 2. The van der Waals surface area contributed by atoms with Gasteiger partial charge in [0.25, 0.3) is 5.91 Å². The lowest BCUT2D eigenvalue weighted by molar-refractivity contribution is 0.0587. The summed E-state index contributed by atoms with van der Waals surface area (Å²) in [6.45, 7) is 2.86. The summed E-state index contributed by atoms with van der Waals surface area (Å²) in [5.41, 5.74) is 3.50. The van der Waals surface area contributed by atoms with E-state index in [1.54, 1.807) is 24.3 Å². The highest BCUT2D eigenvalue weighted by atomic mass is 79.9. The summed E-state index contributed by atoms with van der Waals surface area (Å²) in [7, 11) is 1.35. The standard InChI is InChI=1S/C26H25BrN2O3/c1-32-26(31)22-9-7-21(8-10-22)25(30)29-17-15-28(16-18-29)24(19-5-3-2-4-6-19)20-11-13-23(27)14-12-20/h2-14,24H,15-18H2,1H3. The smallest absolute Gasteiger partial charge is 0.337 e. The van der Waals surface area contributed by atoms with Crippen molar-refractivity contribution in [2.45, 2.75) is 6.04 Å².